The number of hydrogen-bond donors (Lipinski definition) is 1. The minimum Gasteiger partial charge on any atom is -0.385 e. The van der Waals surface area contributed by atoms with Gasteiger partial charge in [0.25, 0.3) is 0 Å². The van der Waals surface area contributed by atoms with Gasteiger partial charge in [-0.2, -0.15) is 0 Å². The van der Waals surface area contributed by atoms with Crippen molar-refractivity contribution >= 4 is 11.6 Å². The van der Waals surface area contributed by atoms with E-state index in [-0.39, 0.29) is 0 Å². The van der Waals surface area contributed by atoms with E-state index < -0.39 is 5.60 Å². The van der Waals surface area contributed by atoms with Gasteiger partial charge in [-0.05, 0) is 36.5 Å². The Kier molecular flexibility index (Phi) is 2.09. The molecule has 1 aromatic carbocycles. The van der Waals surface area contributed by atoms with E-state index in [4.69, 9.17) is 11.6 Å². The quantitative estimate of drug-likeness (QED) is 0.732. The maximum Gasteiger partial charge on any atom is 0.0922 e. The molecule has 0 saturated heterocycles. The van der Waals surface area contributed by atoms with Gasteiger partial charge in [0.2, 0.25) is 0 Å². The minimum atomic E-state index is -0.593. The van der Waals surface area contributed by atoms with Gasteiger partial charge in [0, 0.05) is 5.02 Å². The van der Waals surface area contributed by atoms with E-state index >= 15 is 0 Å². The molecule has 2 rings (SSSR count). The van der Waals surface area contributed by atoms with Gasteiger partial charge < -0.3 is 5.11 Å². The van der Waals surface area contributed by atoms with Crippen LogP contribution in [0, 0.1) is 5.92 Å². The summed E-state index contributed by atoms with van der Waals surface area (Å²) in [7, 11) is 0. The average Bonchev–Trinajstić information content (AvgIpc) is 2.15. The van der Waals surface area contributed by atoms with Crippen molar-refractivity contribution in [3.05, 3.63) is 34.9 Å². The van der Waals surface area contributed by atoms with Crippen molar-refractivity contribution < 1.29 is 5.11 Å². The van der Waals surface area contributed by atoms with Gasteiger partial charge in [-0.25, -0.2) is 0 Å². The molecule has 0 spiro atoms. The number of benzene rings is 1. The molecule has 1 nitrogen and oxygen atoms in total. The highest BCUT2D eigenvalue weighted by Gasteiger charge is 2.43. The molecule has 1 aliphatic carbocycles. The molecule has 13 heavy (non-hydrogen) atoms. The topological polar surface area (TPSA) is 20.2 Å². The third-order valence-electron chi connectivity index (χ3n) is 3.12. The SMILES string of the molecule is CC1CCC1(O)c1ccc(Cl)cc1. The van der Waals surface area contributed by atoms with Crippen molar-refractivity contribution in [3.8, 4) is 0 Å². The zero-order chi connectivity index (χ0) is 9.47. The lowest BCUT2D eigenvalue weighted by Gasteiger charge is -2.44. The van der Waals surface area contributed by atoms with Gasteiger partial charge in [0.1, 0.15) is 0 Å². The van der Waals surface area contributed by atoms with E-state index in [9.17, 15) is 5.11 Å². The molecule has 1 fully saturated rings. The maximum atomic E-state index is 10.2. The molecule has 0 aromatic heterocycles. The Balaban J connectivity index is 2.30. The van der Waals surface area contributed by atoms with Gasteiger partial charge >= 0.3 is 0 Å². The Morgan fingerprint density at radius 2 is 2.00 bits per heavy atom. The fraction of sp³-hybridized carbons (Fsp3) is 0.455. The summed E-state index contributed by atoms with van der Waals surface area (Å²) in [6.45, 7) is 2.08. The Morgan fingerprint density at radius 3 is 2.38 bits per heavy atom. The lowest BCUT2D eigenvalue weighted by atomic mass is 9.67. The summed E-state index contributed by atoms with van der Waals surface area (Å²) >= 11 is 5.78. The van der Waals surface area contributed by atoms with E-state index in [1.165, 1.54) is 0 Å². The summed E-state index contributed by atoms with van der Waals surface area (Å²) in [6.07, 6.45) is 1.98. The molecule has 1 aromatic rings. The van der Waals surface area contributed by atoms with Gasteiger partial charge in [0.15, 0.2) is 0 Å². The van der Waals surface area contributed by atoms with Crippen molar-refractivity contribution in [2.75, 3.05) is 0 Å². The van der Waals surface area contributed by atoms with Crippen LogP contribution in [-0.4, -0.2) is 5.11 Å². The standard InChI is InChI=1S/C11H13ClO/c1-8-6-7-11(8,13)9-2-4-10(12)5-3-9/h2-5,8,13H,6-7H2,1H3. The minimum absolute atomic E-state index is 0.369. The maximum absolute atomic E-state index is 10.2. The van der Waals surface area contributed by atoms with Crippen LogP contribution in [0.2, 0.25) is 5.02 Å². The van der Waals surface area contributed by atoms with Crippen molar-refractivity contribution in [1.82, 2.24) is 0 Å². The van der Waals surface area contributed by atoms with Crippen LogP contribution in [0.15, 0.2) is 24.3 Å². The van der Waals surface area contributed by atoms with Crippen LogP contribution in [0.5, 0.6) is 0 Å². The summed E-state index contributed by atoms with van der Waals surface area (Å²) in [5, 5.41) is 10.9. The average molecular weight is 197 g/mol. The van der Waals surface area contributed by atoms with Crippen molar-refractivity contribution in [1.29, 1.82) is 0 Å². The summed E-state index contributed by atoms with van der Waals surface area (Å²) in [5.74, 6) is 0.369. The first-order chi connectivity index (χ1) is 6.13. The first-order valence-corrected chi connectivity index (χ1v) is 4.99. The van der Waals surface area contributed by atoms with E-state index in [1.54, 1.807) is 0 Å². The fourth-order valence-corrected chi connectivity index (χ4v) is 2.00. The molecule has 0 bridgehead atoms. The number of aliphatic hydroxyl groups is 1. The first kappa shape index (κ1) is 9.04. The summed E-state index contributed by atoms with van der Waals surface area (Å²) < 4.78 is 0. The molecule has 1 aliphatic rings. The summed E-state index contributed by atoms with van der Waals surface area (Å²) in [4.78, 5) is 0. The van der Waals surface area contributed by atoms with Crippen molar-refractivity contribution in [2.24, 2.45) is 5.92 Å². The molecular formula is C11H13ClO. The van der Waals surface area contributed by atoms with E-state index in [2.05, 4.69) is 6.92 Å². The Labute approximate surface area is 83.3 Å². The highest BCUT2D eigenvalue weighted by molar-refractivity contribution is 6.30. The Morgan fingerprint density at radius 1 is 1.38 bits per heavy atom. The highest BCUT2D eigenvalue weighted by atomic mass is 35.5. The summed E-state index contributed by atoms with van der Waals surface area (Å²) in [5.41, 5.74) is 0.403. The van der Waals surface area contributed by atoms with Crippen LogP contribution in [-0.2, 0) is 5.60 Å². The Bertz CT molecular complexity index is 306. The van der Waals surface area contributed by atoms with Crippen LogP contribution < -0.4 is 0 Å². The van der Waals surface area contributed by atoms with Crippen LogP contribution in [0.3, 0.4) is 0 Å². The second-order valence-electron chi connectivity index (χ2n) is 3.87. The molecule has 1 saturated carbocycles. The van der Waals surface area contributed by atoms with Crippen molar-refractivity contribution in [2.45, 2.75) is 25.4 Å². The highest BCUT2D eigenvalue weighted by Crippen LogP contribution is 2.46. The molecule has 2 atom stereocenters. The predicted molar refractivity (Wildman–Crippen MR) is 53.7 cm³/mol. The second kappa shape index (κ2) is 3.00. The third kappa shape index (κ3) is 1.36. The van der Waals surface area contributed by atoms with Crippen LogP contribution in [0.1, 0.15) is 25.3 Å². The van der Waals surface area contributed by atoms with E-state index in [0.29, 0.717) is 5.92 Å². The van der Waals surface area contributed by atoms with Crippen LogP contribution in [0.25, 0.3) is 0 Å². The number of rotatable bonds is 1. The molecule has 70 valence electrons. The fourth-order valence-electron chi connectivity index (χ4n) is 1.87. The molecule has 1 N–H and O–H groups in total. The van der Waals surface area contributed by atoms with E-state index in [1.807, 2.05) is 24.3 Å². The van der Waals surface area contributed by atoms with Crippen molar-refractivity contribution in [3.63, 3.8) is 0 Å². The molecule has 0 aliphatic heterocycles. The van der Waals surface area contributed by atoms with Gasteiger partial charge in [-0.3, -0.25) is 0 Å². The largest absolute Gasteiger partial charge is 0.385 e. The van der Waals surface area contributed by atoms with Gasteiger partial charge in [-0.1, -0.05) is 30.7 Å². The van der Waals surface area contributed by atoms with Gasteiger partial charge in [-0.15, -0.1) is 0 Å². The zero-order valence-corrected chi connectivity index (χ0v) is 8.38. The number of hydrogen-bond acceptors (Lipinski definition) is 1. The Hall–Kier alpha value is -0.530. The normalized spacial score (nSPS) is 32.7. The smallest absolute Gasteiger partial charge is 0.0922 e. The van der Waals surface area contributed by atoms with E-state index in [0.717, 1.165) is 23.4 Å². The zero-order valence-electron chi connectivity index (χ0n) is 7.63. The number of halogens is 1. The molecular weight excluding hydrogens is 184 g/mol. The second-order valence-corrected chi connectivity index (χ2v) is 4.31. The lowest BCUT2D eigenvalue weighted by molar-refractivity contribution is -0.0930. The van der Waals surface area contributed by atoms with Gasteiger partial charge in [0.05, 0.1) is 5.60 Å². The third-order valence-corrected chi connectivity index (χ3v) is 3.37. The lowest BCUT2D eigenvalue weighted by Crippen LogP contribution is -2.42. The summed E-state index contributed by atoms with van der Waals surface area (Å²) in [6, 6.07) is 7.50. The van der Waals surface area contributed by atoms with Crippen LogP contribution in [0.4, 0.5) is 0 Å². The molecule has 2 unspecified atom stereocenters. The predicted octanol–water partition coefficient (Wildman–Crippen LogP) is 2.96. The first-order valence-electron chi connectivity index (χ1n) is 4.61. The molecule has 2 heteroatoms. The molecule has 0 amide bonds. The monoisotopic (exact) mass is 196 g/mol. The molecule has 0 radical (unpaired) electrons. The molecule has 0 heterocycles. The van der Waals surface area contributed by atoms with Crippen LogP contribution >= 0.6 is 11.6 Å².